The van der Waals surface area contributed by atoms with Crippen molar-refractivity contribution in [3.63, 3.8) is 0 Å². The molecule has 0 radical (unpaired) electrons. The molecule has 43 heavy (non-hydrogen) atoms. The van der Waals surface area contributed by atoms with Gasteiger partial charge in [0.2, 0.25) is 0 Å². The van der Waals surface area contributed by atoms with Gasteiger partial charge in [-0.25, -0.2) is 0 Å². The highest BCUT2D eigenvalue weighted by Crippen LogP contribution is 2.63. The number of fused-ring (bicyclic) bond motifs is 15. The van der Waals surface area contributed by atoms with Crippen LogP contribution in [0.1, 0.15) is 47.2 Å². The van der Waals surface area contributed by atoms with E-state index in [0.29, 0.717) is 0 Å². The summed E-state index contributed by atoms with van der Waals surface area (Å²) in [5.41, 5.74) is 11.7. The molecule has 2 heterocycles. The standard InChI is InChI=1S/C41H27NO/c1-40(2)31-18-7-9-20-33(31)41(34-21-10-8-19-32(34)40)30-17-6-5-14-29(30)36-35(41)23-22-27-26-16-11-15-25-24-12-3-4-13-28(24)39(43)42(37(25)26)38(27)36/h3-23H,1-2H3. The van der Waals surface area contributed by atoms with E-state index in [0.717, 1.165) is 38.0 Å². The van der Waals surface area contributed by atoms with Crippen molar-refractivity contribution in [2.24, 2.45) is 0 Å². The predicted molar refractivity (Wildman–Crippen MR) is 177 cm³/mol. The van der Waals surface area contributed by atoms with E-state index < -0.39 is 5.41 Å². The van der Waals surface area contributed by atoms with Crippen LogP contribution in [0.3, 0.4) is 0 Å². The molecule has 2 aliphatic rings. The van der Waals surface area contributed by atoms with Crippen molar-refractivity contribution in [3.8, 4) is 11.1 Å². The Labute approximate surface area is 248 Å². The number of benzene rings is 6. The quantitative estimate of drug-likeness (QED) is 0.173. The molecule has 202 valence electrons. The van der Waals surface area contributed by atoms with Crippen LogP contribution in [0.2, 0.25) is 0 Å². The first-order chi connectivity index (χ1) is 21.0. The van der Waals surface area contributed by atoms with E-state index in [4.69, 9.17) is 0 Å². The van der Waals surface area contributed by atoms with E-state index in [1.807, 2.05) is 22.6 Å². The smallest absolute Gasteiger partial charge is 0.263 e. The molecular formula is C41H27NO. The summed E-state index contributed by atoms with van der Waals surface area (Å²) in [6.07, 6.45) is 0. The SMILES string of the molecule is CC1(C)c2ccccc2C2(c3ccccc3-c3c2ccc2c4cccc5c6ccccc6c(=O)n(c32)c54)c2ccccc21. The lowest BCUT2D eigenvalue weighted by molar-refractivity contribution is 0.563. The third-order valence-corrected chi connectivity index (χ3v) is 10.6. The molecule has 0 aliphatic heterocycles. The highest BCUT2D eigenvalue weighted by Gasteiger charge is 2.53. The third-order valence-electron chi connectivity index (χ3n) is 10.6. The number of pyridine rings is 1. The average molecular weight is 550 g/mol. The molecule has 0 saturated heterocycles. The second-order valence-corrected chi connectivity index (χ2v) is 12.8. The van der Waals surface area contributed by atoms with Crippen LogP contribution in [0.25, 0.3) is 49.1 Å². The Morgan fingerprint density at radius 2 is 0.953 bits per heavy atom. The maximum absolute atomic E-state index is 14.5. The number of hydrogen-bond acceptors (Lipinski definition) is 1. The molecule has 2 nitrogen and oxygen atoms in total. The molecule has 2 aromatic heterocycles. The fourth-order valence-electron chi connectivity index (χ4n) is 8.94. The van der Waals surface area contributed by atoms with E-state index >= 15 is 0 Å². The second-order valence-electron chi connectivity index (χ2n) is 12.8. The van der Waals surface area contributed by atoms with Gasteiger partial charge in [-0.15, -0.1) is 0 Å². The summed E-state index contributed by atoms with van der Waals surface area (Å²) >= 11 is 0. The average Bonchev–Trinajstić information content (AvgIpc) is 3.55. The molecule has 0 amide bonds. The van der Waals surface area contributed by atoms with E-state index in [1.165, 1.54) is 44.5 Å². The Hall–Kier alpha value is -5.21. The Bertz CT molecular complexity index is 2520. The molecule has 1 spiro atoms. The second kappa shape index (κ2) is 7.59. The molecular weight excluding hydrogens is 522 g/mol. The van der Waals surface area contributed by atoms with Crippen LogP contribution in [0, 0.1) is 0 Å². The first-order valence-corrected chi connectivity index (χ1v) is 15.1. The topological polar surface area (TPSA) is 21.5 Å². The van der Waals surface area contributed by atoms with Crippen molar-refractivity contribution in [2.75, 3.05) is 0 Å². The van der Waals surface area contributed by atoms with E-state index in [2.05, 4.69) is 123 Å². The minimum Gasteiger partial charge on any atom is -0.274 e. The Morgan fingerprint density at radius 1 is 0.442 bits per heavy atom. The molecule has 0 unspecified atom stereocenters. The third kappa shape index (κ3) is 2.49. The number of aromatic nitrogens is 1. The molecule has 8 aromatic rings. The highest BCUT2D eigenvalue weighted by molar-refractivity contribution is 6.23. The maximum Gasteiger partial charge on any atom is 0.263 e. The molecule has 0 saturated carbocycles. The largest absolute Gasteiger partial charge is 0.274 e. The number of para-hydroxylation sites is 1. The van der Waals surface area contributed by atoms with Gasteiger partial charge in [-0.3, -0.25) is 9.20 Å². The van der Waals surface area contributed by atoms with Crippen LogP contribution in [0.5, 0.6) is 0 Å². The molecule has 6 aromatic carbocycles. The van der Waals surface area contributed by atoms with Crippen LogP contribution in [0.4, 0.5) is 0 Å². The zero-order valence-electron chi connectivity index (χ0n) is 24.0. The normalized spacial score (nSPS) is 15.7. The van der Waals surface area contributed by atoms with Crippen LogP contribution in [-0.4, -0.2) is 4.40 Å². The van der Waals surface area contributed by atoms with Crippen LogP contribution < -0.4 is 5.56 Å². The molecule has 0 bridgehead atoms. The van der Waals surface area contributed by atoms with Crippen molar-refractivity contribution in [1.29, 1.82) is 0 Å². The van der Waals surface area contributed by atoms with Gasteiger partial charge in [0.05, 0.1) is 16.4 Å². The fourth-order valence-corrected chi connectivity index (χ4v) is 8.94. The van der Waals surface area contributed by atoms with Gasteiger partial charge in [-0.2, -0.15) is 0 Å². The van der Waals surface area contributed by atoms with E-state index in [-0.39, 0.29) is 11.0 Å². The van der Waals surface area contributed by atoms with Crippen molar-refractivity contribution in [1.82, 2.24) is 4.40 Å². The fraction of sp³-hybridized carbons (Fsp3) is 0.0976. The van der Waals surface area contributed by atoms with Gasteiger partial charge >= 0.3 is 0 Å². The van der Waals surface area contributed by atoms with Crippen LogP contribution >= 0.6 is 0 Å². The number of nitrogens with zero attached hydrogens (tertiary/aromatic N) is 1. The van der Waals surface area contributed by atoms with E-state index in [9.17, 15) is 4.79 Å². The first kappa shape index (κ1) is 23.4. The monoisotopic (exact) mass is 549 g/mol. The molecule has 0 atom stereocenters. The lowest BCUT2D eigenvalue weighted by Gasteiger charge is -2.46. The summed E-state index contributed by atoms with van der Waals surface area (Å²) in [6, 6.07) is 46.1. The van der Waals surface area contributed by atoms with E-state index in [1.54, 1.807) is 0 Å². The van der Waals surface area contributed by atoms with Crippen molar-refractivity contribution < 1.29 is 0 Å². The molecule has 0 N–H and O–H groups in total. The van der Waals surface area contributed by atoms with Crippen LogP contribution in [-0.2, 0) is 10.8 Å². The van der Waals surface area contributed by atoms with Crippen molar-refractivity contribution in [2.45, 2.75) is 24.7 Å². The molecule has 2 aliphatic carbocycles. The first-order valence-electron chi connectivity index (χ1n) is 15.1. The predicted octanol–water partition coefficient (Wildman–Crippen LogP) is 9.20. The summed E-state index contributed by atoms with van der Waals surface area (Å²) in [5.74, 6) is 0. The Kier molecular flexibility index (Phi) is 4.12. The van der Waals surface area contributed by atoms with Gasteiger partial charge < -0.3 is 0 Å². The van der Waals surface area contributed by atoms with Crippen LogP contribution in [0.15, 0.2) is 132 Å². The Morgan fingerprint density at radius 3 is 1.65 bits per heavy atom. The zero-order chi connectivity index (χ0) is 28.7. The molecule has 2 heteroatoms. The summed E-state index contributed by atoms with van der Waals surface area (Å²) in [6.45, 7) is 4.70. The highest BCUT2D eigenvalue weighted by atomic mass is 16.1. The minimum absolute atomic E-state index is 0.0479. The summed E-state index contributed by atoms with van der Waals surface area (Å²) in [5, 5.41) is 5.14. The summed E-state index contributed by atoms with van der Waals surface area (Å²) < 4.78 is 2.03. The zero-order valence-corrected chi connectivity index (χ0v) is 24.0. The number of hydrogen-bond donors (Lipinski definition) is 0. The Balaban J connectivity index is 1.49. The minimum atomic E-state index is -0.488. The molecule has 0 fully saturated rings. The van der Waals surface area contributed by atoms with Crippen molar-refractivity contribution in [3.05, 3.63) is 171 Å². The van der Waals surface area contributed by atoms with Gasteiger partial charge in [0, 0.05) is 32.5 Å². The van der Waals surface area contributed by atoms with Gasteiger partial charge in [-0.1, -0.05) is 135 Å². The molecule has 10 rings (SSSR count). The lowest BCUT2D eigenvalue weighted by Crippen LogP contribution is -2.40. The van der Waals surface area contributed by atoms with Gasteiger partial charge in [0.15, 0.2) is 0 Å². The van der Waals surface area contributed by atoms with Gasteiger partial charge in [0.25, 0.3) is 5.56 Å². The summed E-state index contributed by atoms with van der Waals surface area (Å²) in [4.78, 5) is 14.5. The van der Waals surface area contributed by atoms with Gasteiger partial charge in [-0.05, 0) is 50.4 Å². The van der Waals surface area contributed by atoms with Crippen molar-refractivity contribution >= 4 is 38.0 Å². The number of rotatable bonds is 0. The maximum atomic E-state index is 14.5. The summed E-state index contributed by atoms with van der Waals surface area (Å²) in [7, 11) is 0. The van der Waals surface area contributed by atoms with Gasteiger partial charge in [0.1, 0.15) is 0 Å². The lowest BCUT2D eigenvalue weighted by atomic mass is 9.55.